The van der Waals surface area contributed by atoms with Crippen molar-refractivity contribution in [1.82, 2.24) is 0 Å². The molecule has 7 aromatic carbocycles. The number of hydrogen-bond donors (Lipinski definition) is 0. The Morgan fingerprint density at radius 3 is 1.50 bits per heavy atom. The minimum absolute atomic E-state index is 0.287. The number of carbonyl (C=O) groups excluding carboxylic acids is 2. The van der Waals surface area contributed by atoms with Crippen LogP contribution in [0.5, 0.6) is 17.2 Å². The van der Waals surface area contributed by atoms with Gasteiger partial charge in [0.25, 0.3) is 0 Å². The summed E-state index contributed by atoms with van der Waals surface area (Å²) >= 11 is 0. The Kier molecular flexibility index (Phi) is 8.49. The molecule has 7 rings (SSSR count). The SMILES string of the molecule is COC(=O)c1ccc(COc2cc(COc3ccc4ccc5cccc6ccc3c4c56)cc(OCc3ccc(C(=O)OC)cc3)c2)cc1. The lowest BCUT2D eigenvalue weighted by Gasteiger charge is -2.16. The van der Waals surface area contributed by atoms with Crippen molar-refractivity contribution in [3.05, 3.63) is 149 Å². The van der Waals surface area contributed by atoms with E-state index in [4.69, 9.17) is 23.7 Å². The van der Waals surface area contributed by atoms with Gasteiger partial charge in [-0.1, -0.05) is 66.7 Å². The van der Waals surface area contributed by atoms with E-state index in [0.717, 1.165) is 27.8 Å². The van der Waals surface area contributed by atoms with Gasteiger partial charge in [-0.3, -0.25) is 0 Å². The smallest absolute Gasteiger partial charge is 0.337 e. The Morgan fingerprint density at radius 1 is 0.479 bits per heavy atom. The Hall–Kier alpha value is -6.08. The number of rotatable bonds is 11. The van der Waals surface area contributed by atoms with Gasteiger partial charge < -0.3 is 23.7 Å². The molecule has 238 valence electrons. The zero-order valence-electron chi connectivity index (χ0n) is 26.5. The Labute approximate surface area is 277 Å². The van der Waals surface area contributed by atoms with E-state index in [1.807, 2.05) is 48.5 Å². The van der Waals surface area contributed by atoms with Crippen LogP contribution in [0, 0.1) is 0 Å². The van der Waals surface area contributed by atoms with E-state index in [0.29, 0.717) is 29.2 Å². The summed E-state index contributed by atoms with van der Waals surface area (Å²) in [6, 6.07) is 39.0. The minimum Gasteiger partial charge on any atom is -0.489 e. The first-order valence-electron chi connectivity index (χ1n) is 15.5. The highest BCUT2D eigenvalue weighted by atomic mass is 16.5. The topological polar surface area (TPSA) is 80.3 Å². The summed E-state index contributed by atoms with van der Waals surface area (Å²) in [7, 11) is 2.72. The molecule has 48 heavy (non-hydrogen) atoms. The molecule has 0 aromatic heterocycles. The molecule has 7 nitrogen and oxygen atoms in total. The molecule has 0 fully saturated rings. The van der Waals surface area contributed by atoms with Gasteiger partial charge in [0.05, 0.1) is 25.3 Å². The Morgan fingerprint density at radius 2 is 0.958 bits per heavy atom. The Bertz CT molecular complexity index is 2140. The van der Waals surface area contributed by atoms with Crippen molar-refractivity contribution in [1.29, 1.82) is 0 Å². The van der Waals surface area contributed by atoms with Crippen LogP contribution < -0.4 is 14.2 Å². The largest absolute Gasteiger partial charge is 0.489 e. The van der Waals surface area contributed by atoms with Gasteiger partial charge >= 0.3 is 11.9 Å². The monoisotopic (exact) mass is 636 g/mol. The third-order valence-electron chi connectivity index (χ3n) is 8.38. The van der Waals surface area contributed by atoms with Crippen LogP contribution in [-0.2, 0) is 29.3 Å². The maximum atomic E-state index is 11.8. The summed E-state index contributed by atoms with van der Waals surface area (Å²) in [5.74, 6) is 1.24. The van der Waals surface area contributed by atoms with Crippen LogP contribution >= 0.6 is 0 Å². The van der Waals surface area contributed by atoms with Gasteiger partial charge in [0.15, 0.2) is 0 Å². The van der Waals surface area contributed by atoms with Gasteiger partial charge in [-0.25, -0.2) is 9.59 Å². The highest BCUT2D eigenvalue weighted by Gasteiger charge is 2.13. The van der Waals surface area contributed by atoms with Crippen LogP contribution in [0.2, 0.25) is 0 Å². The van der Waals surface area contributed by atoms with Crippen molar-refractivity contribution in [2.24, 2.45) is 0 Å². The molecule has 0 unspecified atom stereocenters. The molecular formula is C41H32O7. The molecular weight excluding hydrogens is 604 g/mol. The number of carbonyl (C=O) groups is 2. The number of benzene rings is 7. The molecule has 0 aliphatic rings. The molecule has 0 radical (unpaired) electrons. The fraction of sp³-hybridized carbons (Fsp3) is 0.122. The first-order chi connectivity index (χ1) is 23.5. The van der Waals surface area contributed by atoms with Gasteiger partial charge in [-0.05, 0) is 86.8 Å². The van der Waals surface area contributed by atoms with Gasteiger partial charge in [0.2, 0.25) is 0 Å². The molecule has 7 aromatic rings. The summed E-state index contributed by atoms with van der Waals surface area (Å²) in [5, 5.41) is 7.07. The number of hydrogen-bond acceptors (Lipinski definition) is 7. The van der Waals surface area contributed by atoms with Gasteiger partial charge in [0, 0.05) is 16.8 Å². The van der Waals surface area contributed by atoms with Crippen LogP contribution in [-0.4, -0.2) is 26.2 Å². The van der Waals surface area contributed by atoms with Crippen LogP contribution in [0.25, 0.3) is 32.3 Å². The van der Waals surface area contributed by atoms with Crippen molar-refractivity contribution < 1.29 is 33.3 Å². The second-order valence-corrected chi connectivity index (χ2v) is 11.5. The van der Waals surface area contributed by atoms with Crippen LogP contribution in [0.15, 0.2) is 121 Å². The van der Waals surface area contributed by atoms with Crippen molar-refractivity contribution in [3.63, 3.8) is 0 Å². The molecule has 0 bridgehead atoms. The molecule has 0 aliphatic heterocycles. The lowest BCUT2D eigenvalue weighted by atomic mass is 9.94. The molecule has 0 spiro atoms. The van der Waals surface area contributed by atoms with E-state index in [2.05, 4.69) is 48.5 Å². The second kappa shape index (κ2) is 13.3. The van der Waals surface area contributed by atoms with Crippen molar-refractivity contribution in [3.8, 4) is 17.2 Å². The molecule has 7 heteroatoms. The fourth-order valence-electron chi connectivity index (χ4n) is 5.92. The van der Waals surface area contributed by atoms with E-state index >= 15 is 0 Å². The summed E-state index contributed by atoms with van der Waals surface area (Å²) in [4.78, 5) is 23.7. The number of esters is 2. The third kappa shape index (κ3) is 6.31. The predicted molar refractivity (Wildman–Crippen MR) is 185 cm³/mol. The quantitative estimate of drug-likeness (QED) is 0.104. The average molecular weight is 637 g/mol. The van der Waals surface area contributed by atoms with Crippen molar-refractivity contribution >= 4 is 44.3 Å². The molecule has 0 atom stereocenters. The molecule has 0 heterocycles. The lowest BCUT2D eigenvalue weighted by molar-refractivity contribution is 0.0592. The summed E-state index contributed by atoms with van der Waals surface area (Å²) in [5.41, 5.74) is 3.61. The van der Waals surface area contributed by atoms with Crippen molar-refractivity contribution in [2.75, 3.05) is 14.2 Å². The van der Waals surface area contributed by atoms with E-state index in [1.165, 1.54) is 41.2 Å². The van der Waals surface area contributed by atoms with E-state index < -0.39 is 0 Å². The van der Waals surface area contributed by atoms with Gasteiger partial charge in [-0.2, -0.15) is 0 Å². The third-order valence-corrected chi connectivity index (χ3v) is 8.38. The normalized spacial score (nSPS) is 11.1. The highest BCUT2D eigenvalue weighted by Crippen LogP contribution is 2.39. The molecule has 0 amide bonds. The van der Waals surface area contributed by atoms with E-state index in [9.17, 15) is 9.59 Å². The molecule has 0 aliphatic carbocycles. The second-order valence-electron chi connectivity index (χ2n) is 11.5. The van der Waals surface area contributed by atoms with Gasteiger partial charge in [0.1, 0.15) is 37.1 Å². The zero-order valence-corrected chi connectivity index (χ0v) is 26.5. The first-order valence-corrected chi connectivity index (χ1v) is 15.5. The van der Waals surface area contributed by atoms with Crippen LogP contribution in [0.3, 0.4) is 0 Å². The highest BCUT2D eigenvalue weighted by molar-refractivity contribution is 6.24. The van der Waals surface area contributed by atoms with Crippen molar-refractivity contribution in [2.45, 2.75) is 19.8 Å². The van der Waals surface area contributed by atoms with Crippen LogP contribution in [0.4, 0.5) is 0 Å². The minimum atomic E-state index is -0.387. The predicted octanol–water partition coefficient (Wildman–Crippen LogP) is 8.89. The van der Waals surface area contributed by atoms with Gasteiger partial charge in [-0.15, -0.1) is 0 Å². The van der Waals surface area contributed by atoms with E-state index in [-0.39, 0.29) is 25.2 Å². The average Bonchev–Trinajstić information content (AvgIpc) is 3.14. The summed E-state index contributed by atoms with van der Waals surface area (Å²) in [6.07, 6.45) is 0. The summed E-state index contributed by atoms with van der Waals surface area (Å²) < 4.78 is 28.5. The number of methoxy groups -OCH3 is 2. The number of ether oxygens (including phenoxy) is 5. The molecule has 0 saturated heterocycles. The summed E-state index contributed by atoms with van der Waals surface area (Å²) in [6.45, 7) is 0.865. The maximum absolute atomic E-state index is 11.8. The van der Waals surface area contributed by atoms with Crippen LogP contribution in [0.1, 0.15) is 37.4 Å². The lowest BCUT2D eigenvalue weighted by Crippen LogP contribution is -2.03. The molecule has 0 saturated carbocycles. The molecule has 0 N–H and O–H groups in total. The fourth-order valence-corrected chi connectivity index (χ4v) is 5.92. The Balaban J connectivity index is 1.14. The first kappa shape index (κ1) is 30.6. The standard InChI is InChI=1S/C41H32O7/c1-44-40(42)32-10-6-26(7-11-32)23-46-34-20-28(21-35(22-34)47-24-27-8-12-33(13-9-27)41(43)45-2)25-48-37-19-17-31-15-14-29-4-3-5-30-16-18-36(37)39(31)38(29)30/h3-22H,23-25H2,1-2H3. The maximum Gasteiger partial charge on any atom is 0.337 e. The van der Waals surface area contributed by atoms with E-state index in [1.54, 1.807) is 24.3 Å². The zero-order chi connectivity index (χ0) is 33.0.